The van der Waals surface area contributed by atoms with Gasteiger partial charge in [-0.3, -0.25) is 4.79 Å². The Labute approximate surface area is 149 Å². The van der Waals surface area contributed by atoms with Gasteiger partial charge in [0, 0.05) is 22.8 Å². The summed E-state index contributed by atoms with van der Waals surface area (Å²) in [6.07, 6.45) is 0.407. The molecule has 1 amide bonds. The zero-order valence-electron chi connectivity index (χ0n) is 13.4. The van der Waals surface area contributed by atoms with Crippen LogP contribution in [0.3, 0.4) is 0 Å². The number of para-hydroxylation sites is 1. The first kappa shape index (κ1) is 15.8. The molecule has 0 fully saturated rings. The highest BCUT2D eigenvalue weighted by molar-refractivity contribution is 7.10. The Balaban J connectivity index is 1.61. The molecular formula is C20H16FNO2S. The first-order chi connectivity index (χ1) is 12.2. The van der Waals surface area contributed by atoms with Crippen LogP contribution in [0.5, 0.6) is 5.75 Å². The lowest BCUT2D eigenvalue weighted by Crippen LogP contribution is -2.22. The summed E-state index contributed by atoms with van der Waals surface area (Å²) in [6, 6.07) is 16.0. The number of hydrogen-bond acceptors (Lipinski definition) is 3. The summed E-state index contributed by atoms with van der Waals surface area (Å²) in [5.41, 5.74) is 2.79. The molecule has 0 radical (unpaired) electrons. The summed E-state index contributed by atoms with van der Waals surface area (Å²) in [7, 11) is 0. The van der Waals surface area contributed by atoms with Crippen LogP contribution in [-0.2, 0) is 11.4 Å². The fraction of sp³-hybridized carbons (Fsp3) is 0.150. The van der Waals surface area contributed by atoms with E-state index < -0.39 is 0 Å². The van der Waals surface area contributed by atoms with Gasteiger partial charge in [0.2, 0.25) is 5.91 Å². The van der Waals surface area contributed by atoms with E-state index in [2.05, 4.69) is 5.32 Å². The normalized spacial score (nSPS) is 16.2. The van der Waals surface area contributed by atoms with Crippen LogP contribution in [0.25, 0.3) is 0 Å². The number of anilines is 1. The predicted molar refractivity (Wildman–Crippen MR) is 96.6 cm³/mol. The largest absolute Gasteiger partial charge is 0.489 e. The minimum Gasteiger partial charge on any atom is -0.489 e. The monoisotopic (exact) mass is 353 g/mol. The molecule has 126 valence electrons. The maximum Gasteiger partial charge on any atom is 0.225 e. The number of halogens is 1. The molecule has 2 heterocycles. The Bertz CT molecular complexity index is 904. The molecule has 0 saturated carbocycles. The molecule has 1 aromatic heterocycles. The summed E-state index contributed by atoms with van der Waals surface area (Å²) < 4.78 is 19.0. The topological polar surface area (TPSA) is 38.3 Å². The Hall–Kier alpha value is -2.66. The van der Waals surface area contributed by atoms with Crippen molar-refractivity contribution in [2.45, 2.75) is 18.9 Å². The van der Waals surface area contributed by atoms with E-state index in [0.29, 0.717) is 13.0 Å². The third-order valence-corrected chi connectivity index (χ3v) is 5.31. The first-order valence-electron chi connectivity index (χ1n) is 8.04. The van der Waals surface area contributed by atoms with Crippen molar-refractivity contribution in [3.8, 4) is 5.75 Å². The van der Waals surface area contributed by atoms with Crippen molar-refractivity contribution in [2.24, 2.45) is 0 Å². The van der Waals surface area contributed by atoms with Crippen LogP contribution < -0.4 is 10.1 Å². The third kappa shape index (κ3) is 3.28. The molecule has 0 bridgehead atoms. The maximum atomic E-state index is 13.0. The second-order valence-electron chi connectivity index (χ2n) is 5.96. The Morgan fingerprint density at radius 3 is 2.76 bits per heavy atom. The minimum absolute atomic E-state index is 0.00633. The quantitative estimate of drug-likeness (QED) is 0.721. The van der Waals surface area contributed by atoms with Gasteiger partial charge in [-0.05, 0) is 35.2 Å². The zero-order chi connectivity index (χ0) is 17.2. The van der Waals surface area contributed by atoms with Crippen LogP contribution >= 0.6 is 11.3 Å². The Morgan fingerprint density at radius 1 is 1.12 bits per heavy atom. The average molecular weight is 353 g/mol. The van der Waals surface area contributed by atoms with Crippen molar-refractivity contribution < 1.29 is 13.9 Å². The van der Waals surface area contributed by atoms with Crippen molar-refractivity contribution in [3.63, 3.8) is 0 Å². The fourth-order valence-corrected chi connectivity index (χ4v) is 4.04. The second kappa shape index (κ2) is 6.69. The van der Waals surface area contributed by atoms with Crippen LogP contribution in [-0.4, -0.2) is 5.91 Å². The molecule has 3 aromatic rings. The molecule has 0 unspecified atom stereocenters. The third-order valence-electron chi connectivity index (χ3n) is 4.28. The second-order valence-corrected chi connectivity index (χ2v) is 6.90. The molecule has 0 spiro atoms. The number of carbonyl (C=O) groups is 1. The number of amides is 1. The number of ether oxygens (including phenoxy) is 1. The predicted octanol–water partition coefficient (Wildman–Crippen LogP) is 4.94. The van der Waals surface area contributed by atoms with E-state index in [0.717, 1.165) is 27.4 Å². The molecule has 1 aliphatic heterocycles. The van der Waals surface area contributed by atoms with Crippen LogP contribution in [0.15, 0.2) is 60.0 Å². The van der Waals surface area contributed by atoms with Crippen molar-refractivity contribution in [1.82, 2.24) is 0 Å². The molecule has 1 N–H and O–H groups in total. The Kier molecular flexibility index (Phi) is 4.24. The average Bonchev–Trinajstić information content (AvgIpc) is 3.09. The van der Waals surface area contributed by atoms with E-state index >= 15 is 0 Å². The van der Waals surface area contributed by atoms with Gasteiger partial charge in [-0.2, -0.15) is 0 Å². The lowest BCUT2D eigenvalue weighted by molar-refractivity contribution is -0.116. The van der Waals surface area contributed by atoms with E-state index in [4.69, 9.17) is 4.74 Å². The molecule has 2 aromatic carbocycles. The van der Waals surface area contributed by atoms with Gasteiger partial charge < -0.3 is 10.1 Å². The number of fused-ring (bicyclic) bond motifs is 1. The molecular weight excluding hydrogens is 337 g/mol. The molecule has 0 saturated heterocycles. The first-order valence-corrected chi connectivity index (χ1v) is 8.92. The van der Waals surface area contributed by atoms with E-state index in [9.17, 15) is 9.18 Å². The molecule has 4 rings (SSSR count). The van der Waals surface area contributed by atoms with Gasteiger partial charge in [-0.15, -0.1) is 11.3 Å². The number of thiophene rings is 1. The summed E-state index contributed by atoms with van der Waals surface area (Å²) in [5.74, 6) is 0.505. The van der Waals surface area contributed by atoms with E-state index in [1.54, 1.807) is 23.5 Å². The van der Waals surface area contributed by atoms with Gasteiger partial charge >= 0.3 is 0 Å². The van der Waals surface area contributed by atoms with Gasteiger partial charge in [-0.25, -0.2) is 4.39 Å². The molecule has 25 heavy (non-hydrogen) atoms. The standard InChI is InChI=1S/C20H16FNO2S/c21-14-7-5-13(6-8-14)12-24-18-4-2-1-3-15(18)16-11-19(23)22-17-9-10-25-20(16)17/h1-10,16H,11-12H2,(H,22,23)/t16-/m0/s1. The van der Waals surface area contributed by atoms with Gasteiger partial charge in [0.25, 0.3) is 0 Å². The number of hydrogen-bond donors (Lipinski definition) is 1. The number of benzene rings is 2. The highest BCUT2D eigenvalue weighted by Crippen LogP contribution is 2.43. The number of rotatable bonds is 4. The van der Waals surface area contributed by atoms with Crippen LogP contribution in [0.4, 0.5) is 10.1 Å². The minimum atomic E-state index is -0.261. The van der Waals surface area contributed by atoms with Gasteiger partial charge in [-0.1, -0.05) is 30.3 Å². The highest BCUT2D eigenvalue weighted by atomic mass is 32.1. The molecule has 1 atom stereocenters. The van der Waals surface area contributed by atoms with E-state index in [1.165, 1.54) is 12.1 Å². The van der Waals surface area contributed by atoms with Crippen LogP contribution in [0.1, 0.15) is 28.3 Å². The summed E-state index contributed by atoms with van der Waals surface area (Å²) >= 11 is 1.64. The maximum absolute atomic E-state index is 13.0. The van der Waals surface area contributed by atoms with Gasteiger partial charge in [0.05, 0.1) is 5.69 Å². The molecule has 3 nitrogen and oxygen atoms in total. The SMILES string of the molecule is O=C1C[C@@H](c2ccccc2OCc2ccc(F)cc2)c2sccc2N1. The molecule has 0 aliphatic carbocycles. The van der Waals surface area contributed by atoms with E-state index in [1.807, 2.05) is 35.7 Å². The number of nitrogens with one attached hydrogen (secondary N) is 1. The van der Waals surface area contributed by atoms with Crippen molar-refractivity contribution >= 4 is 22.9 Å². The van der Waals surface area contributed by atoms with Gasteiger partial charge in [0.15, 0.2) is 0 Å². The zero-order valence-corrected chi connectivity index (χ0v) is 14.2. The lowest BCUT2D eigenvalue weighted by Gasteiger charge is -2.24. The summed E-state index contributed by atoms with van der Waals surface area (Å²) in [4.78, 5) is 13.2. The van der Waals surface area contributed by atoms with E-state index in [-0.39, 0.29) is 17.6 Å². The van der Waals surface area contributed by atoms with Crippen LogP contribution in [0.2, 0.25) is 0 Å². The van der Waals surface area contributed by atoms with Crippen LogP contribution in [0, 0.1) is 5.82 Å². The summed E-state index contributed by atoms with van der Waals surface area (Å²) in [6.45, 7) is 0.355. The number of carbonyl (C=O) groups excluding carboxylic acids is 1. The van der Waals surface area contributed by atoms with Crippen molar-refractivity contribution in [2.75, 3.05) is 5.32 Å². The highest BCUT2D eigenvalue weighted by Gasteiger charge is 2.29. The van der Waals surface area contributed by atoms with Crippen molar-refractivity contribution in [3.05, 3.63) is 81.8 Å². The fourth-order valence-electron chi connectivity index (χ4n) is 3.07. The van der Waals surface area contributed by atoms with Gasteiger partial charge in [0.1, 0.15) is 18.2 Å². The Morgan fingerprint density at radius 2 is 1.92 bits per heavy atom. The summed E-state index contributed by atoms with van der Waals surface area (Å²) in [5, 5.41) is 4.91. The lowest BCUT2D eigenvalue weighted by atomic mass is 9.90. The molecule has 5 heteroatoms. The molecule has 1 aliphatic rings. The smallest absolute Gasteiger partial charge is 0.225 e. The van der Waals surface area contributed by atoms with Crippen molar-refractivity contribution in [1.29, 1.82) is 0 Å².